The fourth-order valence-electron chi connectivity index (χ4n) is 1.47. The van der Waals surface area contributed by atoms with E-state index in [4.69, 9.17) is 5.11 Å². The van der Waals surface area contributed by atoms with E-state index in [1.165, 1.54) is 6.92 Å². The summed E-state index contributed by atoms with van der Waals surface area (Å²) < 4.78 is 0. The second-order valence-electron chi connectivity index (χ2n) is 3.32. The molecule has 0 aromatic carbocycles. The minimum Gasteiger partial charge on any atom is -0.481 e. The molecule has 82 valence electrons. The lowest BCUT2D eigenvalue weighted by molar-refractivity contribution is -0.142. The first-order valence-electron chi connectivity index (χ1n) is 4.89. The molecule has 0 aromatic rings. The van der Waals surface area contributed by atoms with Gasteiger partial charge < -0.3 is 5.11 Å². The van der Waals surface area contributed by atoms with Gasteiger partial charge in [0.05, 0.1) is 5.92 Å². The van der Waals surface area contributed by atoms with Gasteiger partial charge in [0.2, 0.25) is 0 Å². The number of rotatable bonds is 6. The van der Waals surface area contributed by atoms with Crippen LogP contribution in [0.15, 0.2) is 0 Å². The average Bonchev–Trinajstić information content (AvgIpc) is 2.11. The zero-order chi connectivity index (χ0) is 11.1. The van der Waals surface area contributed by atoms with Gasteiger partial charge in [-0.15, -0.1) is 0 Å². The zero-order valence-electron chi connectivity index (χ0n) is 8.95. The largest absolute Gasteiger partial charge is 0.481 e. The van der Waals surface area contributed by atoms with E-state index in [9.17, 15) is 9.59 Å². The maximum atomic E-state index is 10.9. The summed E-state index contributed by atoms with van der Waals surface area (Å²) in [6.45, 7) is 5.45. The topological polar surface area (TPSA) is 54.4 Å². The highest BCUT2D eigenvalue weighted by molar-refractivity contribution is 8.13. The summed E-state index contributed by atoms with van der Waals surface area (Å²) in [4.78, 5) is 21.7. The van der Waals surface area contributed by atoms with Crippen LogP contribution >= 0.6 is 11.8 Å². The monoisotopic (exact) mass is 218 g/mol. The molecule has 0 aliphatic carbocycles. The first kappa shape index (κ1) is 13.5. The van der Waals surface area contributed by atoms with Crippen molar-refractivity contribution in [1.82, 2.24) is 0 Å². The van der Waals surface area contributed by atoms with Crippen LogP contribution < -0.4 is 0 Å². The minimum absolute atomic E-state index is 0.0118. The third-order valence-electron chi connectivity index (χ3n) is 2.40. The van der Waals surface area contributed by atoms with Crippen LogP contribution in [0.1, 0.15) is 33.6 Å². The molecule has 0 saturated carbocycles. The Morgan fingerprint density at radius 3 is 2.07 bits per heavy atom. The molecular weight excluding hydrogens is 200 g/mol. The van der Waals surface area contributed by atoms with Crippen molar-refractivity contribution in [3.63, 3.8) is 0 Å². The van der Waals surface area contributed by atoms with Crippen LogP contribution in [0.4, 0.5) is 0 Å². The molecule has 0 amide bonds. The van der Waals surface area contributed by atoms with Crippen molar-refractivity contribution < 1.29 is 14.7 Å². The van der Waals surface area contributed by atoms with Crippen molar-refractivity contribution in [2.75, 3.05) is 5.75 Å². The van der Waals surface area contributed by atoms with Crippen LogP contribution in [0.25, 0.3) is 0 Å². The quantitative estimate of drug-likeness (QED) is 0.743. The van der Waals surface area contributed by atoms with Crippen LogP contribution in [0, 0.1) is 11.8 Å². The molecule has 14 heavy (non-hydrogen) atoms. The molecule has 4 heteroatoms. The predicted octanol–water partition coefficient (Wildman–Crippen LogP) is 2.40. The van der Waals surface area contributed by atoms with Crippen LogP contribution in [0.2, 0.25) is 0 Å². The van der Waals surface area contributed by atoms with E-state index in [1.54, 1.807) is 0 Å². The molecule has 1 unspecified atom stereocenters. The highest BCUT2D eigenvalue weighted by Gasteiger charge is 2.25. The lowest BCUT2D eigenvalue weighted by Crippen LogP contribution is -2.25. The molecule has 0 heterocycles. The van der Waals surface area contributed by atoms with Gasteiger partial charge in [-0.05, 0) is 5.92 Å². The van der Waals surface area contributed by atoms with Gasteiger partial charge in [-0.25, -0.2) is 0 Å². The Morgan fingerprint density at radius 2 is 1.79 bits per heavy atom. The van der Waals surface area contributed by atoms with Gasteiger partial charge in [-0.1, -0.05) is 38.5 Å². The summed E-state index contributed by atoms with van der Waals surface area (Å²) in [7, 11) is 0. The molecular formula is C10H18O3S. The summed E-state index contributed by atoms with van der Waals surface area (Å²) in [6, 6.07) is 0. The van der Waals surface area contributed by atoms with E-state index >= 15 is 0 Å². The predicted molar refractivity (Wildman–Crippen MR) is 58.3 cm³/mol. The molecule has 0 rings (SSSR count). The van der Waals surface area contributed by atoms with Gasteiger partial charge in [-0.2, -0.15) is 0 Å². The van der Waals surface area contributed by atoms with E-state index in [-0.39, 0.29) is 17.0 Å². The number of carbonyl (C=O) groups is 2. The van der Waals surface area contributed by atoms with Crippen LogP contribution in [0.5, 0.6) is 0 Å². The van der Waals surface area contributed by atoms with E-state index < -0.39 is 5.97 Å². The highest BCUT2D eigenvalue weighted by atomic mass is 32.2. The molecule has 3 nitrogen and oxygen atoms in total. The summed E-state index contributed by atoms with van der Waals surface area (Å²) in [5, 5.41) is 8.98. The Hall–Kier alpha value is -0.510. The van der Waals surface area contributed by atoms with E-state index in [0.717, 1.165) is 24.6 Å². The standard InChI is InChI=1S/C10H18O3S/c1-4-8(5-2)9(10(12)13)6-14-7(3)11/h8-9H,4-6H2,1-3H3,(H,12,13). The summed E-state index contributed by atoms with van der Waals surface area (Å²) in [6.07, 6.45) is 1.71. The number of thioether (sulfide) groups is 1. The van der Waals surface area contributed by atoms with Gasteiger partial charge in [0.25, 0.3) is 0 Å². The number of hydrogen-bond acceptors (Lipinski definition) is 3. The number of carboxylic acids is 1. The fraction of sp³-hybridized carbons (Fsp3) is 0.800. The van der Waals surface area contributed by atoms with Crippen molar-refractivity contribution in [3.05, 3.63) is 0 Å². The smallest absolute Gasteiger partial charge is 0.307 e. The fourth-order valence-corrected chi connectivity index (χ4v) is 2.30. The molecule has 0 aliphatic rings. The number of carboxylic acid groups (broad SMARTS) is 1. The summed E-state index contributed by atoms with van der Waals surface area (Å²) in [5.74, 6) is -0.595. The van der Waals surface area contributed by atoms with Crippen molar-refractivity contribution in [1.29, 1.82) is 0 Å². The van der Waals surface area contributed by atoms with Crippen molar-refractivity contribution in [3.8, 4) is 0 Å². The molecule has 1 N–H and O–H groups in total. The maximum absolute atomic E-state index is 10.9. The van der Waals surface area contributed by atoms with E-state index in [0.29, 0.717) is 5.75 Å². The van der Waals surface area contributed by atoms with Gasteiger partial charge >= 0.3 is 5.97 Å². The Balaban J connectivity index is 4.27. The normalized spacial score (nSPS) is 12.9. The van der Waals surface area contributed by atoms with Gasteiger partial charge in [-0.3, -0.25) is 9.59 Å². The van der Waals surface area contributed by atoms with Crippen LogP contribution in [-0.2, 0) is 9.59 Å². The third kappa shape index (κ3) is 4.65. The number of aliphatic carboxylic acids is 1. The van der Waals surface area contributed by atoms with Crippen molar-refractivity contribution >= 4 is 22.8 Å². The maximum Gasteiger partial charge on any atom is 0.307 e. The van der Waals surface area contributed by atoms with E-state index in [1.807, 2.05) is 13.8 Å². The molecule has 0 spiro atoms. The average molecular weight is 218 g/mol. The van der Waals surface area contributed by atoms with E-state index in [2.05, 4.69) is 0 Å². The Bertz CT molecular complexity index is 200. The molecule has 0 aromatic heterocycles. The lowest BCUT2D eigenvalue weighted by Gasteiger charge is -2.20. The Morgan fingerprint density at radius 1 is 1.29 bits per heavy atom. The lowest BCUT2D eigenvalue weighted by atomic mass is 9.89. The first-order chi connectivity index (χ1) is 6.52. The SMILES string of the molecule is CCC(CC)C(CSC(C)=O)C(=O)O. The highest BCUT2D eigenvalue weighted by Crippen LogP contribution is 2.24. The summed E-state index contributed by atoms with van der Waals surface area (Å²) in [5.41, 5.74) is 0. The number of hydrogen-bond donors (Lipinski definition) is 1. The van der Waals surface area contributed by atoms with Crippen LogP contribution in [-0.4, -0.2) is 21.9 Å². The third-order valence-corrected chi connectivity index (χ3v) is 3.33. The van der Waals surface area contributed by atoms with Gasteiger partial charge in [0.1, 0.15) is 0 Å². The minimum atomic E-state index is -0.785. The first-order valence-corrected chi connectivity index (χ1v) is 5.87. The van der Waals surface area contributed by atoms with Gasteiger partial charge in [0.15, 0.2) is 5.12 Å². The number of carbonyl (C=O) groups excluding carboxylic acids is 1. The molecule has 0 bridgehead atoms. The molecule has 1 atom stereocenters. The Labute approximate surface area is 89.3 Å². The van der Waals surface area contributed by atoms with Crippen molar-refractivity contribution in [2.45, 2.75) is 33.6 Å². The molecule has 0 saturated heterocycles. The second-order valence-corrected chi connectivity index (χ2v) is 4.52. The van der Waals surface area contributed by atoms with Crippen LogP contribution in [0.3, 0.4) is 0 Å². The second kappa shape index (κ2) is 6.87. The Kier molecular flexibility index (Phi) is 6.62. The molecule has 0 aliphatic heterocycles. The molecule has 0 radical (unpaired) electrons. The van der Waals surface area contributed by atoms with Gasteiger partial charge in [0, 0.05) is 12.7 Å². The summed E-state index contributed by atoms with van der Waals surface area (Å²) >= 11 is 1.11. The molecule has 0 fully saturated rings. The van der Waals surface area contributed by atoms with Crippen molar-refractivity contribution in [2.24, 2.45) is 11.8 Å². The zero-order valence-corrected chi connectivity index (χ0v) is 9.76.